The Morgan fingerprint density at radius 1 is 1.35 bits per heavy atom. The molecule has 2 heterocycles. The highest BCUT2D eigenvalue weighted by atomic mass is 28.4. The zero-order valence-corrected chi connectivity index (χ0v) is 14.8. The highest BCUT2D eigenvalue weighted by Gasteiger charge is 2.51. The fraction of sp³-hybridized carbons (Fsp3) is 0.933. The van der Waals surface area contributed by atoms with Crippen LogP contribution in [-0.4, -0.2) is 39.1 Å². The van der Waals surface area contributed by atoms with E-state index in [2.05, 4.69) is 53.0 Å². The topological polar surface area (TPSA) is 50.9 Å². The Balaban J connectivity index is 2.00. The molecule has 0 aromatic rings. The minimum absolute atomic E-state index is 0.0177. The molecule has 0 aromatic heterocycles. The summed E-state index contributed by atoms with van der Waals surface area (Å²) in [7, 11) is -1.83. The molecule has 4 nitrogen and oxygen atoms in total. The van der Waals surface area contributed by atoms with Crippen LogP contribution in [0, 0.1) is 11.8 Å². The molecule has 5 atom stereocenters. The van der Waals surface area contributed by atoms with E-state index in [9.17, 15) is 4.79 Å². The summed E-state index contributed by atoms with van der Waals surface area (Å²) in [5.41, 5.74) is 0. The third-order valence-electron chi connectivity index (χ3n) is 5.30. The monoisotopic (exact) mass is 299 g/mol. The van der Waals surface area contributed by atoms with Crippen molar-refractivity contribution in [2.24, 2.45) is 11.8 Å². The fourth-order valence-electron chi connectivity index (χ4n) is 2.69. The number of nitrogens with one attached hydrogen (secondary N) is 1. The standard InChI is InChI=1S/C15H29NO3Si/c1-9(11-8-18-11)13-12(14(17)16-13)10(2)19-20(6,7)15(3,4)5/h9-13H,8H2,1-7H3,(H,16,17)/t9?,10-,11?,12-,13-/m1/s1. The third kappa shape index (κ3) is 2.94. The van der Waals surface area contributed by atoms with E-state index in [0.717, 1.165) is 6.61 Å². The second kappa shape index (κ2) is 5.11. The summed E-state index contributed by atoms with van der Waals surface area (Å²) in [5, 5.41) is 3.20. The highest BCUT2D eigenvalue weighted by Crippen LogP contribution is 2.40. The van der Waals surface area contributed by atoms with Crippen molar-refractivity contribution in [3.8, 4) is 0 Å². The van der Waals surface area contributed by atoms with E-state index in [4.69, 9.17) is 9.16 Å². The molecule has 1 N–H and O–H groups in total. The normalized spacial score (nSPS) is 33.1. The van der Waals surface area contributed by atoms with Crippen LogP contribution >= 0.6 is 0 Å². The zero-order valence-electron chi connectivity index (χ0n) is 13.8. The van der Waals surface area contributed by atoms with Crippen LogP contribution in [0.4, 0.5) is 0 Å². The Kier molecular flexibility index (Phi) is 4.08. The van der Waals surface area contributed by atoms with E-state index < -0.39 is 8.32 Å². The molecule has 2 rings (SSSR count). The van der Waals surface area contributed by atoms with Crippen molar-refractivity contribution in [1.29, 1.82) is 0 Å². The summed E-state index contributed by atoms with van der Waals surface area (Å²) in [6.07, 6.45) is 0.305. The average molecular weight is 299 g/mol. The molecule has 1 amide bonds. The van der Waals surface area contributed by atoms with Crippen LogP contribution in [0.25, 0.3) is 0 Å². The van der Waals surface area contributed by atoms with E-state index in [1.807, 2.05) is 0 Å². The molecule has 2 aliphatic heterocycles. The SMILES string of the molecule is CC(C1CO1)[C@H]1NC(=O)[C@@H]1[C@@H](C)O[Si](C)(C)C(C)(C)C. The molecule has 20 heavy (non-hydrogen) atoms. The minimum atomic E-state index is -1.83. The molecule has 116 valence electrons. The Hall–Kier alpha value is -0.393. The van der Waals surface area contributed by atoms with Crippen LogP contribution in [0.5, 0.6) is 0 Å². The molecular formula is C15H29NO3Si. The Morgan fingerprint density at radius 3 is 2.30 bits per heavy atom. The molecule has 0 radical (unpaired) electrons. The van der Waals surface area contributed by atoms with Crippen molar-refractivity contribution in [1.82, 2.24) is 5.32 Å². The van der Waals surface area contributed by atoms with Crippen molar-refractivity contribution < 1.29 is 14.0 Å². The van der Waals surface area contributed by atoms with Gasteiger partial charge < -0.3 is 14.5 Å². The molecule has 2 aliphatic rings. The maximum absolute atomic E-state index is 11.9. The van der Waals surface area contributed by atoms with Crippen LogP contribution in [0.3, 0.4) is 0 Å². The molecule has 0 spiro atoms. The lowest BCUT2D eigenvalue weighted by Crippen LogP contribution is -2.66. The number of hydrogen-bond acceptors (Lipinski definition) is 3. The van der Waals surface area contributed by atoms with Gasteiger partial charge in [0.2, 0.25) is 5.91 Å². The summed E-state index contributed by atoms with van der Waals surface area (Å²) in [6.45, 7) is 16.2. The first kappa shape index (κ1) is 16.0. The van der Waals surface area contributed by atoms with Crippen molar-refractivity contribution in [2.45, 2.75) is 71.0 Å². The summed E-state index contributed by atoms with van der Waals surface area (Å²) in [5.74, 6) is 0.486. The lowest BCUT2D eigenvalue weighted by Gasteiger charge is -2.47. The Bertz CT molecular complexity index is 387. The van der Waals surface area contributed by atoms with Gasteiger partial charge in [-0.3, -0.25) is 4.79 Å². The maximum Gasteiger partial charge on any atom is 0.228 e. The van der Waals surface area contributed by atoms with Gasteiger partial charge in [0.1, 0.15) is 0 Å². The largest absolute Gasteiger partial charge is 0.413 e. The number of epoxide rings is 1. The first-order valence-electron chi connectivity index (χ1n) is 7.64. The number of β-lactam (4-membered cyclic amide) rings is 1. The van der Waals surface area contributed by atoms with Gasteiger partial charge in [0, 0.05) is 12.0 Å². The zero-order chi connectivity index (χ0) is 15.3. The molecule has 2 fully saturated rings. The van der Waals surface area contributed by atoms with E-state index in [1.165, 1.54) is 0 Å². The Morgan fingerprint density at radius 2 is 1.90 bits per heavy atom. The third-order valence-corrected chi connectivity index (χ3v) is 9.88. The van der Waals surface area contributed by atoms with Gasteiger partial charge in [-0.1, -0.05) is 27.7 Å². The van der Waals surface area contributed by atoms with Crippen LogP contribution in [0.15, 0.2) is 0 Å². The molecule has 0 aromatic carbocycles. The number of hydrogen-bond donors (Lipinski definition) is 1. The van der Waals surface area contributed by atoms with Gasteiger partial charge in [0.05, 0.1) is 24.7 Å². The summed E-state index contributed by atoms with van der Waals surface area (Å²) in [6, 6.07) is 0.203. The minimum Gasteiger partial charge on any atom is -0.413 e. The van der Waals surface area contributed by atoms with Gasteiger partial charge in [0.15, 0.2) is 8.32 Å². The molecular weight excluding hydrogens is 270 g/mol. The van der Waals surface area contributed by atoms with E-state index in [-0.39, 0.29) is 29.0 Å². The lowest BCUT2D eigenvalue weighted by atomic mass is 9.78. The average Bonchev–Trinajstić information content (AvgIpc) is 3.05. The van der Waals surface area contributed by atoms with Gasteiger partial charge in [-0.25, -0.2) is 0 Å². The van der Waals surface area contributed by atoms with E-state index in [1.54, 1.807) is 0 Å². The summed E-state index contributed by atoms with van der Waals surface area (Å²) < 4.78 is 11.8. The summed E-state index contributed by atoms with van der Waals surface area (Å²) >= 11 is 0. The second-order valence-electron chi connectivity index (χ2n) is 7.87. The molecule has 0 bridgehead atoms. The number of carbonyl (C=O) groups excluding carboxylic acids is 1. The number of carbonyl (C=O) groups is 1. The van der Waals surface area contributed by atoms with Crippen LogP contribution < -0.4 is 5.32 Å². The van der Waals surface area contributed by atoms with E-state index >= 15 is 0 Å². The predicted octanol–water partition coefficient (Wildman–Crippen LogP) is 2.55. The molecule has 0 aliphatic carbocycles. The van der Waals surface area contributed by atoms with Gasteiger partial charge in [0.25, 0.3) is 0 Å². The maximum atomic E-state index is 11.9. The van der Waals surface area contributed by atoms with Crippen LogP contribution in [0.1, 0.15) is 34.6 Å². The molecule has 5 heteroatoms. The van der Waals surface area contributed by atoms with Gasteiger partial charge >= 0.3 is 0 Å². The first-order valence-corrected chi connectivity index (χ1v) is 10.6. The number of ether oxygens (including phenoxy) is 1. The second-order valence-corrected chi connectivity index (χ2v) is 12.6. The van der Waals surface area contributed by atoms with Crippen LogP contribution in [-0.2, 0) is 14.0 Å². The Labute approximate surface area is 123 Å². The number of rotatable bonds is 5. The first-order chi connectivity index (χ1) is 9.04. The van der Waals surface area contributed by atoms with E-state index in [0.29, 0.717) is 12.0 Å². The fourth-order valence-corrected chi connectivity index (χ4v) is 4.12. The number of amides is 1. The van der Waals surface area contributed by atoms with Gasteiger partial charge in [-0.05, 0) is 25.1 Å². The smallest absolute Gasteiger partial charge is 0.228 e. The quantitative estimate of drug-likeness (QED) is 0.482. The lowest BCUT2D eigenvalue weighted by molar-refractivity contribution is -0.142. The highest BCUT2D eigenvalue weighted by molar-refractivity contribution is 6.74. The summed E-state index contributed by atoms with van der Waals surface area (Å²) in [4.78, 5) is 11.9. The van der Waals surface area contributed by atoms with Gasteiger partial charge in [-0.15, -0.1) is 0 Å². The van der Waals surface area contributed by atoms with Crippen molar-refractivity contribution in [3.63, 3.8) is 0 Å². The molecule has 2 unspecified atom stereocenters. The van der Waals surface area contributed by atoms with Gasteiger partial charge in [-0.2, -0.15) is 0 Å². The van der Waals surface area contributed by atoms with Crippen molar-refractivity contribution in [2.75, 3.05) is 6.61 Å². The van der Waals surface area contributed by atoms with Crippen molar-refractivity contribution in [3.05, 3.63) is 0 Å². The van der Waals surface area contributed by atoms with Crippen molar-refractivity contribution >= 4 is 14.2 Å². The molecule has 0 saturated carbocycles. The predicted molar refractivity (Wildman–Crippen MR) is 82.1 cm³/mol. The van der Waals surface area contributed by atoms with Crippen LogP contribution in [0.2, 0.25) is 18.1 Å². The molecule has 2 saturated heterocycles.